The minimum atomic E-state index is -4.83. The number of halogens is 3. The zero-order valence-corrected chi connectivity index (χ0v) is 18.9. The lowest BCUT2D eigenvalue weighted by Gasteiger charge is -2.29. The van der Waals surface area contributed by atoms with Crippen molar-refractivity contribution in [3.63, 3.8) is 0 Å². The molecule has 3 aromatic heterocycles. The number of rotatable bonds is 5. The fraction of sp³-hybridized carbons (Fsp3) is 0.208. The molecule has 0 saturated heterocycles. The van der Waals surface area contributed by atoms with Gasteiger partial charge in [0.2, 0.25) is 5.91 Å². The van der Waals surface area contributed by atoms with Crippen molar-refractivity contribution in [3.05, 3.63) is 71.7 Å². The van der Waals surface area contributed by atoms with Crippen molar-refractivity contribution in [1.29, 1.82) is 0 Å². The van der Waals surface area contributed by atoms with Crippen LogP contribution in [0.1, 0.15) is 28.5 Å². The predicted molar refractivity (Wildman–Crippen MR) is 122 cm³/mol. The third-order valence-electron chi connectivity index (χ3n) is 5.59. The predicted octanol–water partition coefficient (Wildman–Crippen LogP) is 3.85. The molecule has 0 fully saturated rings. The highest BCUT2D eigenvalue weighted by molar-refractivity contribution is 5.97. The number of nitrogens with zero attached hydrogens (tertiary/aromatic N) is 5. The highest BCUT2D eigenvalue weighted by Gasteiger charge is 2.33. The number of para-hydroxylation sites is 1. The zero-order chi connectivity index (χ0) is 25.4. The van der Waals surface area contributed by atoms with E-state index in [-0.39, 0.29) is 29.7 Å². The molecule has 5 rings (SSSR count). The summed E-state index contributed by atoms with van der Waals surface area (Å²) in [6, 6.07) is 10.9. The Bertz CT molecular complexity index is 1480. The standard InChI is InChI=1S/C24H19F3N6O3/c1-14(34)29-21-13-33-22(30-21)7-6-18(31-33)16-10-17-19(28-11-16)8-9-32(23(17)35)12-15-4-2-3-5-20(15)36-24(25,26)27/h2-7,10-11,13H,8-9,12H2,1H3,(H,29,34). The van der Waals surface area contributed by atoms with E-state index in [9.17, 15) is 22.8 Å². The molecule has 0 bridgehead atoms. The van der Waals surface area contributed by atoms with Gasteiger partial charge in [-0.15, -0.1) is 13.2 Å². The minimum Gasteiger partial charge on any atom is -0.405 e. The van der Waals surface area contributed by atoms with Crippen molar-refractivity contribution in [2.24, 2.45) is 0 Å². The number of anilines is 1. The molecule has 0 spiro atoms. The second-order valence-corrected chi connectivity index (χ2v) is 8.18. The van der Waals surface area contributed by atoms with E-state index < -0.39 is 6.36 Å². The van der Waals surface area contributed by atoms with E-state index in [1.54, 1.807) is 36.7 Å². The molecule has 4 aromatic rings. The van der Waals surface area contributed by atoms with Gasteiger partial charge in [-0.05, 0) is 24.3 Å². The number of carbonyl (C=O) groups is 2. The maximum atomic E-state index is 13.3. The average molecular weight is 496 g/mol. The number of amides is 2. The summed E-state index contributed by atoms with van der Waals surface area (Å²) in [5, 5.41) is 7.09. The number of pyridine rings is 1. The molecule has 4 heterocycles. The summed E-state index contributed by atoms with van der Waals surface area (Å²) in [5.74, 6) is -0.583. The van der Waals surface area contributed by atoms with Gasteiger partial charge in [-0.25, -0.2) is 9.50 Å². The van der Waals surface area contributed by atoms with Crippen molar-refractivity contribution in [2.75, 3.05) is 11.9 Å². The van der Waals surface area contributed by atoms with E-state index in [0.29, 0.717) is 46.9 Å². The number of imidazole rings is 1. The third kappa shape index (κ3) is 4.83. The van der Waals surface area contributed by atoms with Gasteiger partial charge in [0.1, 0.15) is 5.75 Å². The molecule has 1 aromatic carbocycles. The second-order valence-electron chi connectivity index (χ2n) is 8.18. The van der Waals surface area contributed by atoms with E-state index in [2.05, 4.69) is 25.1 Å². The molecule has 0 aliphatic carbocycles. The first-order valence-corrected chi connectivity index (χ1v) is 10.9. The number of aromatic nitrogens is 4. The van der Waals surface area contributed by atoms with Crippen LogP contribution >= 0.6 is 0 Å². The van der Waals surface area contributed by atoms with Gasteiger partial charge in [-0.2, -0.15) is 5.10 Å². The molecule has 1 N–H and O–H groups in total. The SMILES string of the molecule is CC(=O)Nc1cn2nc(-c3cnc4c(c3)C(=O)N(Cc3ccccc3OC(F)(F)F)CC4)ccc2n1. The summed E-state index contributed by atoms with van der Waals surface area (Å²) >= 11 is 0. The van der Waals surface area contributed by atoms with Gasteiger partial charge in [0.05, 0.1) is 23.1 Å². The van der Waals surface area contributed by atoms with Gasteiger partial charge in [-0.1, -0.05) is 18.2 Å². The second kappa shape index (κ2) is 8.95. The van der Waals surface area contributed by atoms with Gasteiger partial charge in [0, 0.05) is 43.8 Å². The number of fused-ring (bicyclic) bond motifs is 2. The molecule has 0 saturated carbocycles. The summed E-state index contributed by atoms with van der Waals surface area (Å²) in [7, 11) is 0. The maximum Gasteiger partial charge on any atom is 0.573 e. The van der Waals surface area contributed by atoms with E-state index in [4.69, 9.17) is 0 Å². The lowest BCUT2D eigenvalue weighted by molar-refractivity contribution is -0.275. The molecule has 0 atom stereocenters. The molecule has 9 nitrogen and oxygen atoms in total. The molecule has 36 heavy (non-hydrogen) atoms. The number of hydrogen-bond donors (Lipinski definition) is 1. The summed E-state index contributed by atoms with van der Waals surface area (Å²) < 4.78 is 44.0. The monoisotopic (exact) mass is 496 g/mol. The maximum absolute atomic E-state index is 13.3. The number of carbonyl (C=O) groups excluding carboxylic acids is 2. The molecule has 0 unspecified atom stereocenters. The van der Waals surface area contributed by atoms with Gasteiger partial charge < -0.3 is 15.0 Å². The Morgan fingerprint density at radius 2 is 2.00 bits per heavy atom. The number of nitrogens with one attached hydrogen (secondary N) is 1. The average Bonchev–Trinajstić information content (AvgIpc) is 3.21. The van der Waals surface area contributed by atoms with Gasteiger partial charge in [0.15, 0.2) is 11.5 Å². The lowest BCUT2D eigenvalue weighted by atomic mass is 10.0. The molecular weight excluding hydrogens is 477 g/mol. The molecule has 1 aliphatic heterocycles. The fourth-order valence-corrected chi connectivity index (χ4v) is 4.02. The van der Waals surface area contributed by atoms with Crippen LogP contribution in [0, 0.1) is 0 Å². The van der Waals surface area contributed by atoms with Gasteiger partial charge in [0.25, 0.3) is 5.91 Å². The van der Waals surface area contributed by atoms with Crippen LogP contribution in [0.25, 0.3) is 16.9 Å². The van der Waals surface area contributed by atoms with E-state index >= 15 is 0 Å². The van der Waals surface area contributed by atoms with Crippen LogP contribution in [0.5, 0.6) is 5.75 Å². The summed E-state index contributed by atoms with van der Waals surface area (Å²) in [6.07, 6.45) is -1.19. The van der Waals surface area contributed by atoms with Gasteiger partial charge in [-0.3, -0.25) is 14.6 Å². The first kappa shape index (κ1) is 23.3. The lowest BCUT2D eigenvalue weighted by Crippen LogP contribution is -2.37. The van der Waals surface area contributed by atoms with Crippen LogP contribution < -0.4 is 10.1 Å². The van der Waals surface area contributed by atoms with Crippen LogP contribution in [-0.2, 0) is 17.8 Å². The fourth-order valence-electron chi connectivity index (χ4n) is 4.02. The van der Waals surface area contributed by atoms with Crippen LogP contribution in [0.2, 0.25) is 0 Å². The van der Waals surface area contributed by atoms with Gasteiger partial charge >= 0.3 is 6.36 Å². The topological polar surface area (TPSA) is 102 Å². The molecule has 2 amide bonds. The van der Waals surface area contributed by atoms with Crippen molar-refractivity contribution >= 4 is 23.3 Å². The van der Waals surface area contributed by atoms with Crippen LogP contribution in [0.15, 0.2) is 54.9 Å². The third-order valence-corrected chi connectivity index (χ3v) is 5.59. The highest BCUT2D eigenvalue weighted by atomic mass is 19.4. The Balaban J connectivity index is 1.41. The van der Waals surface area contributed by atoms with E-state index in [0.717, 1.165) is 0 Å². The Labute approximate surface area is 202 Å². The Hall–Kier alpha value is -4.48. The summed E-state index contributed by atoms with van der Waals surface area (Å²) in [4.78, 5) is 34.7. The Morgan fingerprint density at radius 1 is 1.19 bits per heavy atom. The number of ether oxygens (including phenoxy) is 1. The zero-order valence-electron chi connectivity index (χ0n) is 18.9. The number of benzene rings is 1. The molecular formula is C24H19F3N6O3. The van der Waals surface area contributed by atoms with Crippen molar-refractivity contribution in [1.82, 2.24) is 24.5 Å². The largest absolute Gasteiger partial charge is 0.573 e. The highest BCUT2D eigenvalue weighted by Crippen LogP contribution is 2.29. The van der Waals surface area contributed by atoms with Crippen LogP contribution in [-0.4, -0.2) is 49.2 Å². The quantitative estimate of drug-likeness (QED) is 0.451. The minimum absolute atomic E-state index is 0.0417. The molecule has 1 aliphatic rings. The van der Waals surface area contributed by atoms with E-state index in [1.165, 1.54) is 34.5 Å². The first-order chi connectivity index (χ1) is 17.2. The van der Waals surface area contributed by atoms with Crippen LogP contribution in [0.4, 0.5) is 19.0 Å². The van der Waals surface area contributed by atoms with Crippen molar-refractivity contribution in [3.8, 4) is 17.0 Å². The number of hydrogen-bond acceptors (Lipinski definition) is 6. The first-order valence-electron chi connectivity index (χ1n) is 10.9. The number of alkyl halides is 3. The molecule has 184 valence electrons. The summed E-state index contributed by atoms with van der Waals surface area (Å²) in [6.45, 7) is 1.65. The Morgan fingerprint density at radius 3 is 2.78 bits per heavy atom. The Kier molecular flexibility index (Phi) is 5.78. The van der Waals surface area contributed by atoms with Crippen molar-refractivity contribution < 1.29 is 27.5 Å². The smallest absolute Gasteiger partial charge is 0.405 e. The van der Waals surface area contributed by atoms with Crippen LogP contribution in [0.3, 0.4) is 0 Å². The molecule has 0 radical (unpaired) electrons. The normalized spacial score (nSPS) is 13.6. The summed E-state index contributed by atoms with van der Waals surface area (Å²) in [5.41, 5.74) is 2.85. The van der Waals surface area contributed by atoms with Crippen molar-refractivity contribution in [2.45, 2.75) is 26.3 Å². The van der Waals surface area contributed by atoms with E-state index in [1.807, 2.05) is 0 Å². The molecule has 12 heteroatoms.